The molecule has 1 aromatic carbocycles. The Labute approximate surface area is 107 Å². The van der Waals surface area contributed by atoms with Crippen LogP contribution in [0.2, 0.25) is 0 Å². The van der Waals surface area contributed by atoms with Crippen LogP contribution in [-0.2, 0) is 11.0 Å². The minimum atomic E-state index is -4.42. The molecule has 0 aromatic heterocycles. The topological polar surface area (TPSA) is 75.4 Å². The van der Waals surface area contributed by atoms with Crippen LogP contribution in [0, 0.1) is 0 Å². The molecule has 0 radical (unpaired) electrons. The number of alkyl halides is 3. The Hall–Kier alpha value is -2.25. The maximum absolute atomic E-state index is 12.3. The van der Waals surface area contributed by atoms with Gasteiger partial charge in [0.1, 0.15) is 6.54 Å². The lowest BCUT2D eigenvalue weighted by molar-refractivity contribution is -0.137. The van der Waals surface area contributed by atoms with Crippen LogP contribution in [0.15, 0.2) is 24.3 Å². The third kappa shape index (κ3) is 4.49. The van der Waals surface area contributed by atoms with Gasteiger partial charge in [-0.1, -0.05) is 0 Å². The predicted molar refractivity (Wildman–Crippen MR) is 62.3 cm³/mol. The first-order valence-electron chi connectivity index (χ1n) is 5.18. The third-order valence-electron chi connectivity index (χ3n) is 2.25. The van der Waals surface area contributed by atoms with E-state index in [1.165, 1.54) is 7.05 Å². The number of amides is 3. The molecule has 3 amide bonds. The molecule has 5 nitrogen and oxygen atoms in total. The summed E-state index contributed by atoms with van der Waals surface area (Å²) in [7, 11) is 1.33. The first-order chi connectivity index (χ1) is 8.70. The second-order valence-electron chi connectivity index (χ2n) is 3.82. The Balaban J connectivity index is 2.63. The molecule has 19 heavy (non-hydrogen) atoms. The van der Waals surface area contributed by atoms with Gasteiger partial charge in [0.25, 0.3) is 0 Å². The van der Waals surface area contributed by atoms with Crippen molar-refractivity contribution in [2.24, 2.45) is 5.73 Å². The molecule has 104 valence electrons. The molecule has 0 bridgehead atoms. The number of urea groups is 1. The van der Waals surface area contributed by atoms with Crippen molar-refractivity contribution in [1.82, 2.24) is 4.90 Å². The lowest BCUT2D eigenvalue weighted by Crippen LogP contribution is -2.38. The molecular weight excluding hydrogens is 263 g/mol. The fourth-order valence-corrected chi connectivity index (χ4v) is 1.24. The zero-order valence-corrected chi connectivity index (χ0v) is 9.99. The van der Waals surface area contributed by atoms with Gasteiger partial charge < -0.3 is 16.0 Å². The van der Waals surface area contributed by atoms with Crippen molar-refractivity contribution in [3.63, 3.8) is 0 Å². The molecule has 0 heterocycles. The van der Waals surface area contributed by atoms with Crippen LogP contribution in [0.5, 0.6) is 0 Å². The molecule has 0 unspecified atom stereocenters. The Morgan fingerprint density at radius 3 is 2.21 bits per heavy atom. The number of likely N-dealkylation sites (N-methyl/N-ethyl adjacent to an activating group) is 1. The Morgan fingerprint density at radius 1 is 1.26 bits per heavy atom. The molecule has 1 rings (SSSR count). The zero-order chi connectivity index (χ0) is 14.6. The highest BCUT2D eigenvalue weighted by Crippen LogP contribution is 2.29. The van der Waals surface area contributed by atoms with E-state index in [1.54, 1.807) is 0 Å². The van der Waals surface area contributed by atoms with E-state index >= 15 is 0 Å². The summed E-state index contributed by atoms with van der Waals surface area (Å²) in [5.41, 5.74) is 4.33. The molecule has 1 aromatic rings. The molecule has 8 heteroatoms. The zero-order valence-electron chi connectivity index (χ0n) is 9.99. The smallest absolute Gasteiger partial charge is 0.351 e. The van der Waals surface area contributed by atoms with E-state index in [-0.39, 0.29) is 12.2 Å². The molecule has 0 saturated carbocycles. The van der Waals surface area contributed by atoms with Gasteiger partial charge in [-0.25, -0.2) is 4.79 Å². The van der Waals surface area contributed by atoms with Crippen molar-refractivity contribution in [2.75, 3.05) is 18.9 Å². The van der Waals surface area contributed by atoms with Crippen molar-refractivity contribution in [1.29, 1.82) is 0 Å². The van der Waals surface area contributed by atoms with E-state index in [1.807, 2.05) is 0 Å². The van der Waals surface area contributed by atoms with Crippen LogP contribution in [0.4, 0.5) is 23.7 Å². The monoisotopic (exact) mass is 275 g/mol. The highest BCUT2D eigenvalue weighted by Gasteiger charge is 2.29. The van der Waals surface area contributed by atoms with Crippen LogP contribution in [-0.4, -0.2) is 30.4 Å². The maximum atomic E-state index is 12.3. The van der Waals surface area contributed by atoms with Crippen molar-refractivity contribution in [2.45, 2.75) is 6.18 Å². The largest absolute Gasteiger partial charge is 0.416 e. The van der Waals surface area contributed by atoms with Gasteiger partial charge in [-0.3, -0.25) is 4.79 Å². The standard InChI is InChI=1S/C11H12F3N3O2/c1-17(10(15)19)6-9(18)16-8-4-2-7(3-5-8)11(12,13)14/h2-5H,6H2,1H3,(H2,15,19)(H,16,18). The third-order valence-corrected chi connectivity index (χ3v) is 2.25. The molecule has 0 aliphatic rings. The fraction of sp³-hybridized carbons (Fsp3) is 0.273. The van der Waals surface area contributed by atoms with Crippen molar-refractivity contribution in [3.8, 4) is 0 Å². The van der Waals surface area contributed by atoms with Gasteiger partial charge in [0.05, 0.1) is 5.56 Å². The van der Waals surface area contributed by atoms with Gasteiger partial charge in [-0.15, -0.1) is 0 Å². The number of carbonyl (C=O) groups is 2. The van der Waals surface area contributed by atoms with E-state index in [4.69, 9.17) is 5.73 Å². The number of hydrogen-bond donors (Lipinski definition) is 2. The summed E-state index contributed by atoms with van der Waals surface area (Å²) < 4.78 is 36.9. The molecule has 0 spiro atoms. The molecule has 3 N–H and O–H groups in total. The summed E-state index contributed by atoms with van der Waals surface area (Å²) in [6.07, 6.45) is -4.42. The quantitative estimate of drug-likeness (QED) is 0.880. The summed E-state index contributed by atoms with van der Waals surface area (Å²) in [5.74, 6) is -0.555. The first kappa shape index (κ1) is 14.8. The minimum absolute atomic E-state index is 0.205. The number of benzene rings is 1. The number of rotatable bonds is 3. The average molecular weight is 275 g/mol. The molecule has 0 aliphatic heterocycles. The van der Waals surface area contributed by atoms with E-state index < -0.39 is 23.7 Å². The Bertz CT molecular complexity index is 471. The van der Waals surface area contributed by atoms with E-state index in [9.17, 15) is 22.8 Å². The van der Waals surface area contributed by atoms with Crippen LogP contribution < -0.4 is 11.1 Å². The fourth-order valence-electron chi connectivity index (χ4n) is 1.24. The highest BCUT2D eigenvalue weighted by molar-refractivity contribution is 5.94. The second kappa shape index (κ2) is 5.59. The second-order valence-corrected chi connectivity index (χ2v) is 3.82. The van der Waals surface area contributed by atoms with Gasteiger partial charge in [-0.05, 0) is 24.3 Å². The highest BCUT2D eigenvalue weighted by atomic mass is 19.4. The van der Waals surface area contributed by atoms with Crippen LogP contribution in [0.3, 0.4) is 0 Å². The van der Waals surface area contributed by atoms with Crippen molar-refractivity contribution in [3.05, 3.63) is 29.8 Å². The minimum Gasteiger partial charge on any atom is -0.351 e. The Kier molecular flexibility index (Phi) is 4.36. The molecule has 0 saturated heterocycles. The summed E-state index contributed by atoms with van der Waals surface area (Å²) in [4.78, 5) is 23.1. The lowest BCUT2D eigenvalue weighted by atomic mass is 10.2. The predicted octanol–water partition coefficient (Wildman–Crippen LogP) is 1.65. The van der Waals surface area contributed by atoms with Crippen molar-refractivity contribution < 1.29 is 22.8 Å². The number of carbonyl (C=O) groups excluding carboxylic acids is 2. The first-order valence-corrected chi connectivity index (χ1v) is 5.18. The molecule has 0 atom stereocenters. The number of nitrogens with one attached hydrogen (secondary N) is 1. The summed E-state index contributed by atoms with van der Waals surface area (Å²) in [6.45, 7) is -0.281. The van der Waals surface area contributed by atoms with Gasteiger partial charge in [-0.2, -0.15) is 13.2 Å². The normalized spacial score (nSPS) is 10.9. The molecule has 0 fully saturated rings. The number of halogens is 3. The summed E-state index contributed by atoms with van der Waals surface area (Å²) in [6, 6.07) is 3.19. The number of anilines is 1. The SMILES string of the molecule is CN(CC(=O)Nc1ccc(C(F)(F)F)cc1)C(N)=O. The number of primary amides is 1. The summed E-state index contributed by atoms with van der Waals surface area (Å²) in [5, 5.41) is 2.35. The summed E-state index contributed by atoms with van der Waals surface area (Å²) >= 11 is 0. The Morgan fingerprint density at radius 2 is 1.79 bits per heavy atom. The number of nitrogens with zero attached hydrogens (tertiary/aromatic N) is 1. The number of hydrogen-bond acceptors (Lipinski definition) is 2. The van der Waals surface area contributed by atoms with Gasteiger partial charge >= 0.3 is 12.2 Å². The van der Waals surface area contributed by atoms with Gasteiger partial charge in [0.2, 0.25) is 5.91 Å². The number of nitrogens with two attached hydrogens (primary N) is 1. The molecular formula is C11H12F3N3O2. The lowest BCUT2D eigenvalue weighted by Gasteiger charge is -2.14. The van der Waals surface area contributed by atoms with Crippen molar-refractivity contribution >= 4 is 17.6 Å². The molecule has 0 aliphatic carbocycles. The van der Waals surface area contributed by atoms with Crippen LogP contribution in [0.1, 0.15) is 5.56 Å². The van der Waals surface area contributed by atoms with E-state index in [0.29, 0.717) is 0 Å². The van der Waals surface area contributed by atoms with E-state index in [0.717, 1.165) is 29.2 Å². The maximum Gasteiger partial charge on any atom is 0.416 e. The van der Waals surface area contributed by atoms with E-state index in [2.05, 4.69) is 5.32 Å². The van der Waals surface area contributed by atoms with Crippen LogP contribution >= 0.6 is 0 Å². The van der Waals surface area contributed by atoms with Gasteiger partial charge in [0.15, 0.2) is 0 Å². The van der Waals surface area contributed by atoms with Gasteiger partial charge in [0, 0.05) is 12.7 Å². The van der Waals surface area contributed by atoms with Crippen LogP contribution in [0.25, 0.3) is 0 Å². The average Bonchev–Trinajstić information content (AvgIpc) is 2.28.